The number of aryl methyl sites for hydroxylation is 1. The molecule has 6 nitrogen and oxygen atoms in total. The van der Waals surface area contributed by atoms with Gasteiger partial charge in [-0.3, -0.25) is 9.48 Å². The standard InChI is InChI=1S/C17H11F4N3O3S/c1-24-14(15-9(18)4-2-5-10(15)19)8-13(22-24)17(25)23-28(26,27)16-11(20)6-3-7-12(16)21/h2-8H,1H3,(H,23,25). The van der Waals surface area contributed by atoms with Gasteiger partial charge in [-0.1, -0.05) is 12.1 Å². The first-order chi connectivity index (χ1) is 13.1. The van der Waals surface area contributed by atoms with Crippen LogP contribution in [-0.2, 0) is 17.1 Å². The molecule has 1 aromatic heterocycles. The fourth-order valence-corrected chi connectivity index (χ4v) is 3.62. The lowest BCUT2D eigenvalue weighted by Gasteiger charge is -2.07. The Hall–Kier alpha value is -3.21. The van der Waals surface area contributed by atoms with Gasteiger partial charge in [0.05, 0.1) is 11.3 Å². The molecule has 1 N–H and O–H groups in total. The second-order valence-electron chi connectivity index (χ2n) is 5.62. The van der Waals surface area contributed by atoms with Crippen LogP contribution < -0.4 is 4.72 Å². The van der Waals surface area contributed by atoms with Crippen molar-refractivity contribution in [1.29, 1.82) is 0 Å². The van der Waals surface area contributed by atoms with Gasteiger partial charge in [0.15, 0.2) is 10.6 Å². The van der Waals surface area contributed by atoms with E-state index in [9.17, 15) is 30.8 Å². The Balaban J connectivity index is 1.97. The van der Waals surface area contributed by atoms with Gasteiger partial charge < -0.3 is 0 Å². The van der Waals surface area contributed by atoms with E-state index in [1.165, 1.54) is 11.8 Å². The van der Waals surface area contributed by atoms with Gasteiger partial charge in [0.2, 0.25) is 0 Å². The van der Waals surface area contributed by atoms with Gasteiger partial charge in [-0.15, -0.1) is 0 Å². The van der Waals surface area contributed by atoms with E-state index in [-0.39, 0.29) is 5.69 Å². The third-order valence-corrected chi connectivity index (χ3v) is 5.13. The number of carbonyl (C=O) groups excluding carboxylic acids is 1. The first-order valence-electron chi connectivity index (χ1n) is 7.61. The van der Waals surface area contributed by atoms with Gasteiger partial charge in [0.25, 0.3) is 15.9 Å². The zero-order valence-corrected chi connectivity index (χ0v) is 14.9. The number of hydrogen-bond acceptors (Lipinski definition) is 4. The SMILES string of the molecule is Cn1nc(C(=O)NS(=O)(=O)c2c(F)cccc2F)cc1-c1c(F)cccc1F. The number of sulfonamides is 1. The Morgan fingerprint density at radius 2 is 1.46 bits per heavy atom. The van der Waals surface area contributed by atoms with Gasteiger partial charge in [0.1, 0.15) is 23.3 Å². The van der Waals surface area contributed by atoms with E-state index >= 15 is 0 Å². The Morgan fingerprint density at radius 1 is 0.964 bits per heavy atom. The van der Waals surface area contributed by atoms with Crippen molar-refractivity contribution >= 4 is 15.9 Å². The highest BCUT2D eigenvalue weighted by molar-refractivity contribution is 7.90. The third kappa shape index (κ3) is 3.48. The van der Waals surface area contributed by atoms with E-state index in [0.29, 0.717) is 12.1 Å². The number of nitrogens with one attached hydrogen (secondary N) is 1. The molecule has 0 fully saturated rings. The lowest BCUT2D eigenvalue weighted by Crippen LogP contribution is -2.32. The van der Waals surface area contributed by atoms with Crippen LogP contribution in [0.3, 0.4) is 0 Å². The maximum Gasteiger partial charge on any atom is 0.285 e. The number of halogens is 4. The molecular weight excluding hydrogens is 402 g/mol. The fraction of sp³-hybridized carbons (Fsp3) is 0.0588. The van der Waals surface area contributed by atoms with Gasteiger partial charge in [0, 0.05) is 7.05 Å². The Morgan fingerprint density at radius 3 is 2.00 bits per heavy atom. The quantitative estimate of drug-likeness (QED) is 0.667. The number of nitrogens with zero attached hydrogens (tertiary/aromatic N) is 2. The number of hydrogen-bond donors (Lipinski definition) is 1. The summed E-state index contributed by atoms with van der Waals surface area (Å²) in [6, 6.07) is 6.47. The molecule has 0 bridgehead atoms. The van der Waals surface area contributed by atoms with Crippen LogP contribution >= 0.6 is 0 Å². The highest BCUT2D eigenvalue weighted by Crippen LogP contribution is 2.26. The summed E-state index contributed by atoms with van der Waals surface area (Å²) in [5, 5.41) is 3.71. The maximum absolute atomic E-state index is 13.9. The summed E-state index contributed by atoms with van der Waals surface area (Å²) in [5.41, 5.74) is -1.14. The summed E-state index contributed by atoms with van der Waals surface area (Å²) < 4.78 is 82.1. The summed E-state index contributed by atoms with van der Waals surface area (Å²) in [6.07, 6.45) is 0. The van der Waals surface area contributed by atoms with Crippen molar-refractivity contribution in [3.8, 4) is 11.3 Å². The molecule has 11 heteroatoms. The molecule has 1 amide bonds. The summed E-state index contributed by atoms with van der Waals surface area (Å²) in [5.74, 6) is -5.96. The number of benzene rings is 2. The molecule has 2 aromatic carbocycles. The predicted octanol–water partition coefficient (Wildman–Crippen LogP) is 2.76. The van der Waals surface area contributed by atoms with Crippen molar-refractivity contribution in [2.24, 2.45) is 7.05 Å². The lowest BCUT2D eigenvalue weighted by molar-refractivity contribution is 0.0976. The van der Waals surface area contributed by atoms with E-state index in [4.69, 9.17) is 0 Å². The molecule has 0 saturated carbocycles. The molecule has 3 aromatic rings. The maximum atomic E-state index is 13.9. The van der Waals surface area contributed by atoms with Crippen LogP contribution in [0.2, 0.25) is 0 Å². The molecule has 28 heavy (non-hydrogen) atoms. The van der Waals surface area contributed by atoms with Crippen LogP contribution in [0.15, 0.2) is 47.4 Å². The molecule has 0 saturated heterocycles. The predicted molar refractivity (Wildman–Crippen MR) is 89.6 cm³/mol. The lowest BCUT2D eigenvalue weighted by atomic mass is 10.1. The molecule has 0 radical (unpaired) electrons. The normalized spacial score (nSPS) is 11.5. The second-order valence-corrected chi connectivity index (χ2v) is 7.24. The van der Waals surface area contributed by atoms with Crippen LogP contribution in [-0.4, -0.2) is 24.1 Å². The number of rotatable bonds is 4. The summed E-state index contributed by atoms with van der Waals surface area (Å²) in [7, 11) is -3.62. The van der Waals surface area contributed by atoms with Crippen LogP contribution in [0.4, 0.5) is 17.6 Å². The number of amides is 1. The fourth-order valence-electron chi connectivity index (χ4n) is 2.52. The number of carbonyl (C=O) groups is 1. The highest BCUT2D eigenvalue weighted by Gasteiger charge is 2.28. The molecule has 3 rings (SSSR count). The van der Waals surface area contributed by atoms with E-state index in [2.05, 4.69) is 5.10 Å². The van der Waals surface area contributed by atoms with Gasteiger partial charge >= 0.3 is 0 Å². The molecule has 0 aliphatic rings. The largest absolute Gasteiger partial charge is 0.285 e. The van der Waals surface area contributed by atoms with Gasteiger partial charge in [-0.05, 0) is 30.3 Å². The van der Waals surface area contributed by atoms with E-state index in [0.717, 1.165) is 35.0 Å². The van der Waals surface area contributed by atoms with E-state index in [1.54, 1.807) is 0 Å². The summed E-state index contributed by atoms with van der Waals surface area (Å²) in [6.45, 7) is 0. The average Bonchev–Trinajstić information content (AvgIpc) is 2.96. The minimum absolute atomic E-state index is 0.143. The molecular formula is C17H11F4N3O3S. The minimum Gasteiger partial charge on any atom is -0.267 e. The second kappa shape index (κ2) is 7.08. The Labute approximate surface area is 156 Å². The van der Waals surface area contributed by atoms with Crippen molar-refractivity contribution in [1.82, 2.24) is 14.5 Å². The summed E-state index contributed by atoms with van der Waals surface area (Å²) >= 11 is 0. The zero-order valence-electron chi connectivity index (χ0n) is 14.1. The van der Waals surface area contributed by atoms with Crippen molar-refractivity contribution in [3.05, 3.63) is 71.4 Å². The average molecular weight is 413 g/mol. The molecule has 0 unspecified atom stereocenters. The Kier molecular flexibility index (Phi) is 4.94. The van der Waals surface area contributed by atoms with Crippen molar-refractivity contribution in [3.63, 3.8) is 0 Å². The third-order valence-electron chi connectivity index (χ3n) is 3.75. The van der Waals surface area contributed by atoms with Gasteiger partial charge in [-0.2, -0.15) is 5.10 Å². The summed E-state index contributed by atoms with van der Waals surface area (Å²) in [4.78, 5) is 10.9. The smallest absolute Gasteiger partial charge is 0.267 e. The molecule has 0 aliphatic heterocycles. The van der Waals surface area contributed by atoms with Gasteiger partial charge in [-0.25, -0.2) is 30.7 Å². The molecule has 0 atom stereocenters. The highest BCUT2D eigenvalue weighted by atomic mass is 32.2. The minimum atomic E-state index is -4.90. The van der Waals surface area contributed by atoms with Crippen molar-refractivity contribution < 1.29 is 30.8 Å². The zero-order chi connectivity index (χ0) is 20.6. The molecule has 0 spiro atoms. The Bertz CT molecular complexity index is 1150. The van der Waals surface area contributed by atoms with E-state index in [1.807, 2.05) is 0 Å². The number of aromatic nitrogens is 2. The molecule has 146 valence electrons. The van der Waals surface area contributed by atoms with Crippen LogP contribution in [0.25, 0.3) is 11.3 Å². The van der Waals surface area contributed by atoms with Crippen LogP contribution in [0, 0.1) is 23.3 Å². The van der Waals surface area contributed by atoms with Crippen LogP contribution in [0.1, 0.15) is 10.5 Å². The molecule has 1 heterocycles. The van der Waals surface area contributed by atoms with Crippen LogP contribution in [0.5, 0.6) is 0 Å². The monoisotopic (exact) mass is 413 g/mol. The first kappa shape index (κ1) is 19.5. The van der Waals surface area contributed by atoms with E-state index < -0.39 is 55.4 Å². The first-order valence-corrected chi connectivity index (χ1v) is 9.09. The topological polar surface area (TPSA) is 81.1 Å². The molecule has 0 aliphatic carbocycles. The van der Waals surface area contributed by atoms with Crippen molar-refractivity contribution in [2.75, 3.05) is 0 Å². The van der Waals surface area contributed by atoms with Crippen molar-refractivity contribution in [2.45, 2.75) is 4.90 Å².